The van der Waals surface area contributed by atoms with Gasteiger partial charge in [-0.15, -0.1) is 10.2 Å². The van der Waals surface area contributed by atoms with Crippen LogP contribution in [0.4, 0.5) is 8.78 Å². The molecule has 0 aliphatic heterocycles. The second kappa shape index (κ2) is 6.68. The average molecular weight is 283 g/mol. The predicted octanol–water partition coefficient (Wildman–Crippen LogP) is 3.03. The van der Waals surface area contributed by atoms with Crippen LogP contribution in [-0.2, 0) is 6.42 Å². The summed E-state index contributed by atoms with van der Waals surface area (Å²) in [6.45, 7) is 3.94. The first-order valence-corrected chi connectivity index (χ1v) is 7.01. The zero-order valence-electron chi connectivity index (χ0n) is 10.6. The van der Waals surface area contributed by atoms with Gasteiger partial charge in [-0.2, -0.15) is 0 Å². The normalized spacial score (nSPS) is 10.9. The van der Waals surface area contributed by atoms with Crippen molar-refractivity contribution >= 4 is 11.3 Å². The SMILES string of the molecule is CCCNCCc1nnc(-c2ccc(F)c(F)c2)s1. The summed E-state index contributed by atoms with van der Waals surface area (Å²) in [6.07, 6.45) is 1.89. The molecule has 102 valence electrons. The highest BCUT2D eigenvalue weighted by molar-refractivity contribution is 7.14. The molecule has 0 bridgehead atoms. The third-order valence-electron chi connectivity index (χ3n) is 2.58. The lowest BCUT2D eigenvalue weighted by molar-refractivity contribution is 0.509. The molecule has 1 N–H and O–H groups in total. The molecule has 19 heavy (non-hydrogen) atoms. The number of nitrogens with one attached hydrogen (secondary N) is 1. The first-order valence-electron chi connectivity index (χ1n) is 6.19. The van der Waals surface area contributed by atoms with E-state index < -0.39 is 11.6 Å². The van der Waals surface area contributed by atoms with Crippen molar-refractivity contribution in [3.05, 3.63) is 34.8 Å². The van der Waals surface area contributed by atoms with Crippen LogP contribution in [0.15, 0.2) is 18.2 Å². The summed E-state index contributed by atoms with van der Waals surface area (Å²) >= 11 is 1.41. The van der Waals surface area contributed by atoms with Crippen LogP contribution in [0.5, 0.6) is 0 Å². The van der Waals surface area contributed by atoms with Gasteiger partial charge in [-0.25, -0.2) is 8.78 Å². The Morgan fingerprint density at radius 2 is 2.00 bits per heavy atom. The molecule has 6 heteroatoms. The maximum atomic E-state index is 13.1. The molecule has 2 rings (SSSR count). The van der Waals surface area contributed by atoms with E-state index in [2.05, 4.69) is 22.4 Å². The fraction of sp³-hybridized carbons (Fsp3) is 0.385. The first kappa shape index (κ1) is 14.0. The molecule has 0 unspecified atom stereocenters. The monoisotopic (exact) mass is 283 g/mol. The number of hydrogen-bond acceptors (Lipinski definition) is 4. The number of hydrogen-bond donors (Lipinski definition) is 1. The topological polar surface area (TPSA) is 37.8 Å². The number of benzene rings is 1. The fourth-order valence-electron chi connectivity index (χ4n) is 1.60. The van der Waals surface area contributed by atoms with Crippen LogP contribution >= 0.6 is 11.3 Å². The van der Waals surface area contributed by atoms with Crippen molar-refractivity contribution in [1.82, 2.24) is 15.5 Å². The Labute approximate surface area is 114 Å². The van der Waals surface area contributed by atoms with Gasteiger partial charge in [0.25, 0.3) is 0 Å². The molecule has 0 spiro atoms. The van der Waals surface area contributed by atoms with E-state index in [9.17, 15) is 8.78 Å². The number of nitrogens with zero attached hydrogens (tertiary/aromatic N) is 2. The molecule has 0 amide bonds. The molecule has 1 aromatic heterocycles. The summed E-state index contributed by atoms with van der Waals surface area (Å²) in [5.41, 5.74) is 0.559. The first-order chi connectivity index (χ1) is 9.20. The summed E-state index contributed by atoms with van der Waals surface area (Å²) in [5, 5.41) is 12.8. The molecule has 3 nitrogen and oxygen atoms in total. The van der Waals surface area contributed by atoms with Gasteiger partial charge in [0.15, 0.2) is 11.6 Å². The van der Waals surface area contributed by atoms with E-state index >= 15 is 0 Å². The van der Waals surface area contributed by atoms with E-state index in [0.717, 1.165) is 43.1 Å². The van der Waals surface area contributed by atoms with Crippen LogP contribution in [-0.4, -0.2) is 23.3 Å². The Kier molecular flexibility index (Phi) is 4.93. The smallest absolute Gasteiger partial charge is 0.159 e. The van der Waals surface area contributed by atoms with E-state index in [-0.39, 0.29) is 0 Å². The highest BCUT2D eigenvalue weighted by Crippen LogP contribution is 2.25. The van der Waals surface area contributed by atoms with Crippen LogP contribution in [0.25, 0.3) is 10.6 Å². The van der Waals surface area contributed by atoms with Gasteiger partial charge in [0.1, 0.15) is 10.0 Å². The highest BCUT2D eigenvalue weighted by Gasteiger charge is 2.09. The Balaban J connectivity index is 2.01. The minimum absolute atomic E-state index is 0.559. The minimum atomic E-state index is -0.862. The van der Waals surface area contributed by atoms with Crippen molar-refractivity contribution in [2.45, 2.75) is 19.8 Å². The molecular formula is C13H15F2N3S. The van der Waals surface area contributed by atoms with Gasteiger partial charge in [0.2, 0.25) is 0 Å². The summed E-state index contributed by atoms with van der Waals surface area (Å²) in [5.74, 6) is -1.71. The van der Waals surface area contributed by atoms with Crippen molar-refractivity contribution < 1.29 is 8.78 Å². The lowest BCUT2D eigenvalue weighted by Crippen LogP contribution is -2.17. The Morgan fingerprint density at radius 3 is 2.74 bits per heavy atom. The largest absolute Gasteiger partial charge is 0.316 e. The van der Waals surface area contributed by atoms with Crippen LogP contribution in [0.3, 0.4) is 0 Å². The zero-order chi connectivity index (χ0) is 13.7. The molecule has 0 aliphatic carbocycles. The second-order valence-electron chi connectivity index (χ2n) is 4.13. The van der Waals surface area contributed by atoms with Gasteiger partial charge in [-0.1, -0.05) is 18.3 Å². The maximum Gasteiger partial charge on any atom is 0.159 e. The predicted molar refractivity (Wildman–Crippen MR) is 72.1 cm³/mol. The molecule has 2 aromatic rings. The standard InChI is InChI=1S/C13H15F2N3S/c1-2-6-16-7-5-12-17-18-13(19-12)9-3-4-10(14)11(15)8-9/h3-4,8,16H,2,5-7H2,1H3. The van der Waals surface area contributed by atoms with Crippen molar-refractivity contribution in [1.29, 1.82) is 0 Å². The second-order valence-corrected chi connectivity index (χ2v) is 5.19. The molecular weight excluding hydrogens is 268 g/mol. The van der Waals surface area contributed by atoms with Gasteiger partial charge in [-0.3, -0.25) is 0 Å². The van der Waals surface area contributed by atoms with E-state index in [4.69, 9.17) is 0 Å². The van der Waals surface area contributed by atoms with E-state index in [0.29, 0.717) is 10.6 Å². The quantitative estimate of drug-likeness (QED) is 0.828. The molecule has 0 atom stereocenters. The van der Waals surface area contributed by atoms with E-state index in [1.165, 1.54) is 17.4 Å². The van der Waals surface area contributed by atoms with Crippen molar-refractivity contribution in [3.63, 3.8) is 0 Å². The summed E-state index contributed by atoms with van der Waals surface area (Å²) in [4.78, 5) is 0. The summed E-state index contributed by atoms with van der Waals surface area (Å²) in [7, 11) is 0. The Morgan fingerprint density at radius 1 is 1.16 bits per heavy atom. The lowest BCUT2D eigenvalue weighted by Gasteiger charge is -1.98. The zero-order valence-corrected chi connectivity index (χ0v) is 11.4. The van der Waals surface area contributed by atoms with Crippen molar-refractivity contribution in [2.24, 2.45) is 0 Å². The molecule has 0 radical (unpaired) electrons. The van der Waals surface area contributed by atoms with Gasteiger partial charge < -0.3 is 5.32 Å². The van der Waals surface area contributed by atoms with Gasteiger partial charge in [0.05, 0.1) is 0 Å². The Hall–Kier alpha value is -1.40. The van der Waals surface area contributed by atoms with Crippen LogP contribution < -0.4 is 5.32 Å². The molecule has 0 aliphatic rings. The van der Waals surface area contributed by atoms with Crippen molar-refractivity contribution in [2.75, 3.05) is 13.1 Å². The van der Waals surface area contributed by atoms with Crippen LogP contribution in [0.2, 0.25) is 0 Å². The minimum Gasteiger partial charge on any atom is -0.316 e. The molecule has 0 saturated heterocycles. The van der Waals surface area contributed by atoms with Gasteiger partial charge in [-0.05, 0) is 31.2 Å². The molecule has 0 fully saturated rings. The highest BCUT2D eigenvalue weighted by atomic mass is 32.1. The summed E-state index contributed by atoms with van der Waals surface area (Å²) < 4.78 is 26.0. The fourth-order valence-corrected chi connectivity index (χ4v) is 2.43. The van der Waals surface area contributed by atoms with Crippen LogP contribution in [0.1, 0.15) is 18.4 Å². The molecule has 1 heterocycles. The van der Waals surface area contributed by atoms with E-state index in [1.54, 1.807) is 0 Å². The summed E-state index contributed by atoms with van der Waals surface area (Å²) in [6, 6.07) is 3.77. The van der Waals surface area contributed by atoms with E-state index in [1.807, 2.05) is 0 Å². The maximum absolute atomic E-state index is 13.1. The number of halogens is 2. The Bertz CT molecular complexity index is 542. The average Bonchev–Trinajstić information content (AvgIpc) is 2.87. The number of aromatic nitrogens is 2. The third kappa shape index (κ3) is 3.78. The molecule has 1 aromatic carbocycles. The van der Waals surface area contributed by atoms with Crippen LogP contribution in [0, 0.1) is 11.6 Å². The third-order valence-corrected chi connectivity index (χ3v) is 3.61. The lowest BCUT2D eigenvalue weighted by atomic mass is 10.2. The van der Waals surface area contributed by atoms with Gasteiger partial charge >= 0.3 is 0 Å². The van der Waals surface area contributed by atoms with Crippen molar-refractivity contribution in [3.8, 4) is 10.6 Å². The molecule has 0 saturated carbocycles. The van der Waals surface area contributed by atoms with Gasteiger partial charge in [0, 0.05) is 18.5 Å². The number of rotatable bonds is 6.